The van der Waals surface area contributed by atoms with Crippen LogP contribution >= 0.6 is 11.6 Å². The maximum Gasteiger partial charge on any atom is 0.335 e. The zero-order valence-corrected chi connectivity index (χ0v) is 10.5. The molecule has 0 bridgehead atoms. The van der Waals surface area contributed by atoms with Gasteiger partial charge in [-0.2, -0.15) is 0 Å². The molecule has 92 valence electrons. The lowest BCUT2D eigenvalue weighted by molar-refractivity contribution is 0.0697. The molecule has 0 spiro atoms. The highest BCUT2D eigenvalue weighted by Gasteiger charge is 2.02. The third-order valence-electron chi connectivity index (χ3n) is 2.59. The minimum Gasteiger partial charge on any atom is -0.478 e. The third-order valence-corrected chi connectivity index (χ3v) is 3.00. The van der Waals surface area contributed by atoms with Crippen molar-refractivity contribution in [3.63, 3.8) is 0 Å². The van der Waals surface area contributed by atoms with Gasteiger partial charge in [0.1, 0.15) is 0 Å². The van der Waals surface area contributed by atoms with Crippen LogP contribution in [0.15, 0.2) is 42.5 Å². The van der Waals surface area contributed by atoms with Gasteiger partial charge in [-0.25, -0.2) is 4.79 Å². The summed E-state index contributed by atoms with van der Waals surface area (Å²) in [5.74, 6) is -0.931. The fourth-order valence-electron chi connectivity index (χ4n) is 1.53. The molecule has 0 atom stereocenters. The first-order valence-electron chi connectivity index (χ1n) is 5.43. The zero-order chi connectivity index (χ0) is 13.1. The number of anilines is 2. The number of hydrogen-bond donors (Lipinski definition) is 2. The maximum atomic E-state index is 10.7. The Morgan fingerprint density at radius 3 is 2.28 bits per heavy atom. The van der Waals surface area contributed by atoms with E-state index in [9.17, 15) is 4.79 Å². The number of carboxylic acid groups (broad SMARTS) is 1. The molecular weight excluding hydrogens is 250 g/mol. The number of aromatic carboxylic acids is 1. The minimum atomic E-state index is -0.931. The van der Waals surface area contributed by atoms with Crippen molar-refractivity contribution in [1.29, 1.82) is 0 Å². The molecule has 2 rings (SSSR count). The van der Waals surface area contributed by atoms with Crippen molar-refractivity contribution in [2.45, 2.75) is 6.92 Å². The fraction of sp³-hybridized carbons (Fsp3) is 0.0714. The summed E-state index contributed by atoms with van der Waals surface area (Å²) in [6, 6.07) is 12.2. The lowest BCUT2D eigenvalue weighted by Gasteiger charge is -2.08. The Kier molecular flexibility index (Phi) is 3.53. The average molecular weight is 262 g/mol. The van der Waals surface area contributed by atoms with E-state index in [0.717, 1.165) is 16.9 Å². The van der Waals surface area contributed by atoms with Crippen LogP contribution in [0.25, 0.3) is 0 Å². The van der Waals surface area contributed by atoms with Gasteiger partial charge in [0.2, 0.25) is 0 Å². The van der Waals surface area contributed by atoms with Gasteiger partial charge in [0.25, 0.3) is 0 Å². The van der Waals surface area contributed by atoms with E-state index in [-0.39, 0.29) is 5.56 Å². The second-order valence-electron chi connectivity index (χ2n) is 3.97. The molecule has 0 fully saturated rings. The summed E-state index contributed by atoms with van der Waals surface area (Å²) in [5.41, 5.74) is 2.97. The molecular formula is C14H12ClNO2. The van der Waals surface area contributed by atoms with E-state index in [1.54, 1.807) is 24.3 Å². The van der Waals surface area contributed by atoms with Crippen molar-refractivity contribution in [2.24, 2.45) is 0 Å². The number of hydrogen-bond acceptors (Lipinski definition) is 2. The van der Waals surface area contributed by atoms with E-state index in [2.05, 4.69) is 5.32 Å². The van der Waals surface area contributed by atoms with Crippen LogP contribution in [-0.4, -0.2) is 11.1 Å². The van der Waals surface area contributed by atoms with E-state index in [1.807, 2.05) is 25.1 Å². The molecule has 0 saturated heterocycles. The van der Waals surface area contributed by atoms with Crippen LogP contribution in [-0.2, 0) is 0 Å². The topological polar surface area (TPSA) is 49.3 Å². The van der Waals surface area contributed by atoms with Crippen molar-refractivity contribution in [2.75, 3.05) is 5.32 Å². The molecule has 3 nitrogen and oxygen atoms in total. The highest BCUT2D eigenvalue weighted by Crippen LogP contribution is 2.23. The van der Waals surface area contributed by atoms with Crippen molar-refractivity contribution in [3.8, 4) is 0 Å². The van der Waals surface area contributed by atoms with Gasteiger partial charge in [-0.3, -0.25) is 0 Å². The van der Waals surface area contributed by atoms with Crippen LogP contribution < -0.4 is 5.32 Å². The molecule has 0 amide bonds. The number of nitrogens with one attached hydrogen (secondary N) is 1. The number of carboxylic acids is 1. The van der Waals surface area contributed by atoms with Gasteiger partial charge < -0.3 is 10.4 Å². The Balaban J connectivity index is 2.18. The van der Waals surface area contributed by atoms with Gasteiger partial charge in [0, 0.05) is 16.4 Å². The predicted octanol–water partition coefficient (Wildman–Crippen LogP) is 4.09. The van der Waals surface area contributed by atoms with Gasteiger partial charge in [-0.05, 0) is 48.9 Å². The molecule has 0 unspecified atom stereocenters. The van der Waals surface area contributed by atoms with Gasteiger partial charge in [-0.15, -0.1) is 0 Å². The summed E-state index contributed by atoms with van der Waals surface area (Å²) in [6.45, 7) is 1.94. The Labute approximate surface area is 110 Å². The maximum absolute atomic E-state index is 10.7. The molecule has 18 heavy (non-hydrogen) atoms. The standard InChI is InChI=1S/C14H12ClNO2/c1-9-2-5-12(8-13(9)15)16-11-6-3-10(4-7-11)14(17)18/h2-8,16H,1H3,(H,17,18). The highest BCUT2D eigenvalue weighted by atomic mass is 35.5. The summed E-state index contributed by atoms with van der Waals surface area (Å²) in [4.78, 5) is 10.7. The molecule has 2 aromatic carbocycles. The van der Waals surface area contributed by atoms with E-state index in [0.29, 0.717) is 5.02 Å². The summed E-state index contributed by atoms with van der Waals surface area (Å²) in [7, 11) is 0. The van der Waals surface area contributed by atoms with E-state index in [1.165, 1.54) is 0 Å². The molecule has 4 heteroatoms. The summed E-state index contributed by atoms with van der Waals surface area (Å²) < 4.78 is 0. The fourth-order valence-corrected chi connectivity index (χ4v) is 1.71. The molecule has 2 aromatic rings. The van der Waals surface area contributed by atoms with Crippen LogP contribution in [0.3, 0.4) is 0 Å². The van der Waals surface area contributed by atoms with Crippen LogP contribution in [0.5, 0.6) is 0 Å². The highest BCUT2D eigenvalue weighted by molar-refractivity contribution is 6.31. The van der Waals surface area contributed by atoms with Gasteiger partial charge >= 0.3 is 5.97 Å². The van der Waals surface area contributed by atoms with Gasteiger partial charge in [0.15, 0.2) is 0 Å². The molecule has 0 aliphatic carbocycles. The van der Waals surface area contributed by atoms with Crippen molar-refractivity contribution < 1.29 is 9.90 Å². The number of halogens is 1. The Hall–Kier alpha value is -2.00. The smallest absolute Gasteiger partial charge is 0.335 e. The van der Waals surface area contributed by atoms with Crippen LogP contribution in [0.4, 0.5) is 11.4 Å². The van der Waals surface area contributed by atoms with E-state index < -0.39 is 5.97 Å². The molecule has 0 aliphatic heterocycles. The lowest BCUT2D eigenvalue weighted by Crippen LogP contribution is -1.96. The summed E-state index contributed by atoms with van der Waals surface area (Å²) >= 11 is 6.03. The van der Waals surface area contributed by atoms with Crippen LogP contribution in [0.1, 0.15) is 15.9 Å². The predicted molar refractivity (Wildman–Crippen MR) is 72.9 cm³/mol. The number of carbonyl (C=O) groups is 1. The monoisotopic (exact) mass is 261 g/mol. The summed E-state index contributed by atoms with van der Waals surface area (Å²) in [6.07, 6.45) is 0. The number of aryl methyl sites for hydroxylation is 1. The summed E-state index contributed by atoms with van der Waals surface area (Å²) in [5, 5.41) is 12.7. The first-order valence-corrected chi connectivity index (χ1v) is 5.80. The Bertz CT molecular complexity index is 579. The SMILES string of the molecule is Cc1ccc(Nc2ccc(C(=O)O)cc2)cc1Cl. The minimum absolute atomic E-state index is 0.266. The van der Waals surface area contributed by atoms with Crippen molar-refractivity contribution in [1.82, 2.24) is 0 Å². The van der Waals surface area contributed by atoms with Crippen molar-refractivity contribution in [3.05, 3.63) is 58.6 Å². The van der Waals surface area contributed by atoms with Crippen LogP contribution in [0.2, 0.25) is 5.02 Å². The average Bonchev–Trinajstić information content (AvgIpc) is 2.34. The Morgan fingerprint density at radius 2 is 1.72 bits per heavy atom. The normalized spacial score (nSPS) is 10.1. The zero-order valence-electron chi connectivity index (χ0n) is 9.77. The number of rotatable bonds is 3. The third kappa shape index (κ3) is 2.81. The molecule has 0 aromatic heterocycles. The first-order chi connectivity index (χ1) is 8.56. The molecule has 2 N–H and O–H groups in total. The first kappa shape index (κ1) is 12.5. The molecule has 0 heterocycles. The van der Waals surface area contributed by atoms with Gasteiger partial charge in [0.05, 0.1) is 5.56 Å². The molecule has 0 aliphatic rings. The van der Waals surface area contributed by atoms with Crippen molar-refractivity contribution >= 4 is 28.9 Å². The van der Waals surface area contributed by atoms with Crippen LogP contribution in [0, 0.1) is 6.92 Å². The lowest BCUT2D eigenvalue weighted by atomic mass is 10.2. The van der Waals surface area contributed by atoms with E-state index in [4.69, 9.17) is 16.7 Å². The Morgan fingerprint density at radius 1 is 1.11 bits per heavy atom. The second kappa shape index (κ2) is 5.10. The second-order valence-corrected chi connectivity index (χ2v) is 4.38. The molecule has 0 saturated carbocycles. The number of benzene rings is 2. The van der Waals surface area contributed by atoms with E-state index >= 15 is 0 Å². The quantitative estimate of drug-likeness (QED) is 0.875. The van der Waals surface area contributed by atoms with Gasteiger partial charge in [-0.1, -0.05) is 17.7 Å². The molecule has 0 radical (unpaired) electrons. The largest absolute Gasteiger partial charge is 0.478 e.